The molecule has 0 heterocycles. The second-order valence-electron chi connectivity index (χ2n) is 0.250. The van der Waals surface area contributed by atoms with Crippen molar-refractivity contribution in [1.29, 1.82) is 0 Å². The summed E-state index contributed by atoms with van der Waals surface area (Å²) in [6.45, 7) is 0. The topological polar surface area (TPSA) is 63.2 Å². The third kappa shape index (κ3) is 4850. The summed E-state index contributed by atoms with van der Waals surface area (Å²) in [6.07, 6.45) is -2.33. The van der Waals surface area contributed by atoms with Gasteiger partial charge in [-0.2, -0.15) is 0 Å². The van der Waals surface area contributed by atoms with E-state index in [2.05, 4.69) is 0 Å². The Bertz CT molecular complexity index is 29.9. The smallest absolute Gasteiger partial charge is 0.652 e. The van der Waals surface area contributed by atoms with E-state index >= 15 is 0 Å². The molecule has 5 heavy (non-hydrogen) atoms. The van der Waals surface area contributed by atoms with Gasteiger partial charge in [-0.15, -0.1) is 0 Å². The number of carbonyl (C=O) groups excluding carboxylic acids is 1. The molecule has 0 aliphatic heterocycles. The van der Waals surface area contributed by atoms with Crippen molar-refractivity contribution < 1.29 is 15.0 Å². The maximum Gasteiger partial charge on any atom is 2.00 e. The van der Waals surface area contributed by atoms with E-state index in [4.69, 9.17) is 15.0 Å². The fraction of sp³-hybridized carbons (Fsp3) is 0. The molecule has 0 spiro atoms. The minimum atomic E-state index is -2.33. The maximum absolute atomic E-state index is 8.33. The van der Waals surface area contributed by atoms with Gasteiger partial charge in [0.05, 0.1) is 0 Å². The first kappa shape index (κ1) is 8.91. The number of hydrogen-bond acceptors (Lipinski definition) is 3. The molecule has 0 N–H and O–H groups in total. The van der Waals surface area contributed by atoms with Crippen molar-refractivity contribution in [3.8, 4) is 0 Å². The molecular weight excluding hydrogens is 188 g/mol. The van der Waals surface area contributed by atoms with E-state index in [0.29, 0.717) is 0 Å². The van der Waals surface area contributed by atoms with Crippen LogP contribution in [0, 0.1) is 0 Å². The van der Waals surface area contributed by atoms with Crippen molar-refractivity contribution in [2.45, 2.75) is 0 Å². The van der Waals surface area contributed by atoms with Crippen molar-refractivity contribution in [2.24, 2.45) is 0 Å². The summed E-state index contributed by atoms with van der Waals surface area (Å²) in [5.74, 6) is 0. The Morgan fingerprint density at radius 1 is 1.40 bits per heavy atom. The Morgan fingerprint density at radius 3 is 1.40 bits per heavy atom. The van der Waals surface area contributed by atoms with Crippen molar-refractivity contribution in [3.05, 3.63) is 0 Å². The monoisotopic (exact) mass is 190 g/mol. The number of hydrogen-bond donors (Lipinski definition) is 0. The number of rotatable bonds is 0. The zero-order valence-electron chi connectivity index (χ0n) is 2.13. The molecule has 0 bridgehead atoms. The molecule has 0 atom stereocenters. The summed E-state index contributed by atoms with van der Waals surface area (Å²) in [7, 11) is 0. The van der Waals surface area contributed by atoms with E-state index in [1.165, 1.54) is 0 Å². The molecule has 0 aromatic carbocycles. The Hall–Kier alpha value is 0.0596. The Kier molecular flexibility index (Phi) is 7.23. The normalized spacial score (nSPS) is 4.80. The Labute approximate surface area is 45.3 Å². The van der Waals surface area contributed by atoms with Gasteiger partial charge < -0.3 is 15.0 Å². The molecule has 4 radical (unpaired) electrons. The van der Waals surface area contributed by atoms with Crippen molar-refractivity contribution in [3.63, 3.8) is 0 Å². The maximum atomic E-state index is 8.33. The predicted octanol–water partition coefficient (Wildman–Crippen LogP) is -2.83. The molecule has 0 aliphatic carbocycles. The summed E-state index contributed by atoms with van der Waals surface area (Å²) >= 11 is 0. The zero-order valence-corrected chi connectivity index (χ0v) is 4.46. The summed E-state index contributed by atoms with van der Waals surface area (Å²) in [4.78, 5) is 8.33. The minimum absolute atomic E-state index is 0. The van der Waals surface area contributed by atoms with Crippen LogP contribution in [0.15, 0.2) is 0 Å². The summed E-state index contributed by atoms with van der Waals surface area (Å²) in [6, 6.07) is 0. The van der Waals surface area contributed by atoms with E-state index < -0.39 is 6.16 Å². The van der Waals surface area contributed by atoms with Gasteiger partial charge in [0.1, 0.15) is 0 Å². The summed E-state index contributed by atoms with van der Waals surface area (Å²) in [5, 5.41) is 16.7. The van der Waals surface area contributed by atoms with Crippen LogP contribution in [0.1, 0.15) is 0 Å². The second kappa shape index (κ2) is 4.06. The quantitative estimate of drug-likeness (QED) is 0.384. The van der Waals surface area contributed by atoms with Crippen molar-refractivity contribution >= 4 is 29.8 Å². The largest absolute Gasteiger partial charge is 2.00 e. The SMILES string of the molecule is O=C([O-])[O-].[Te+2]. The van der Waals surface area contributed by atoms with Gasteiger partial charge in [0.25, 0.3) is 0 Å². The zero-order chi connectivity index (χ0) is 3.58. The second-order valence-corrected chi connectivity index (χ2v) is 0.250. The van der Waals surface area contributed by atoms with E-state index in [0.717, 1.165) is 0 Å². The van der Waals surface area contributed by atoms with Gasteiger partial charge in [-0.05, 0) is 6.16 Å². The van der Waals surface area contributed by atoms with Gasteiger partial charge in [-0.3, -0.25) is 0 Å². The summed E-state index contributed by atoms with van der Waals surface area (Å²) < 4.78 is 0. The molecule has 3 nitrogen and oxygen atoms in total. The fourth-order valence-electron chi connectivity index (χ4n) is 0. The molecule has 0 aromatic heterocycles. The molecule has 0 aromatic rings. The first-order valence-corrected chi connectivity index (χ1v) is 0.612. The third-order valence-electron chi connectivity index (χ3n) is 0. The molecular formula is CO3Te. The third-order valence-corrected chi connectivity index (χ3v) is 0. The van der Waals surface area contributed by atoms with Crippen LogP contribution >= 0.6 is 0 Å². The van der Waals surface area contributed by atoms with Crippen molar-refractivity contribution in [2.75, 3.05) is 0 Å². The molecule has 0 saturated heterocycles. The first-order chi connectivity index (χ1) is 1.73. The number of carbonyl (C=O) groups is 1. The average molecular weight is 188 g/mol. The fourth-order valence-corrected chi connectivity index (χ4v) is 0. The standard InChI is InChI=1S/CH2O3.Te/c2-1(3)4;/h(H2,2,3,4);/q;+2/p-2. The van der Waals surface area contributed by atoms with Gasteiger partial charge in [-0.25, -0.2) is 0 Å². The molecule has 4 heteroatoms. The Morgan fingerprint density at radius 2 is 1.40 bits per heavy atom. The number of carboxylic acid groups (broad SMARTS) is 2. The average Bonchev–Trinajstić information content (AvgIpc) is 0.811. The van der Waals surface area contributed by atoms with E-state index in [1.807, 2.05) is 0 Å². The van der Waals surface area contributed by atoms with Crippen LogP contribution in [-0.2, 0) is 0 Å². The molecule has 0 aliphatic rings. The van der Waals surface area contributed by atoms with Crippen LogP contribution in [0.2, 0.25) is 0 Å². The van der Waals surface area contributed by atoms with Crippen LogP contribution < -0.4 is 10.2 Å². The van der Waals surface area contributed by atoms with Crippen LogP contribution in [0.25, 0.3) is 0 Å². The van der Waals surface area contributed by atoms with Gasteiger partial charge >= 0.3 is 23.7 Å². The van der Waals surface area contributed by atoms with E-state index in [-0.39, 0.29) is 23.7 Å². The van der Waals surface area contributed by atoms with Crippen LogP contribution in [0.5, 0.6) is 0 Å². The van der Waals surface area contributed by atoms with Gasteiger partial charge in [-0.1, -0.05) is 0 Å². The summed E-state index contributed by atoms with van der Waals surface area (Å²) in [5.41, 5.74) is 0. The van der Waals surface area contributed by atoms with E-state index in [9.17, 15) is 0 Å². The molecule has 28 valence electrons. The van der Waals surface area contributed by atoms with Crippen LogP contribution in [0.3, 0.4) is 0 Å². The van der Waals surface area contributed by atoms with Gasteiger partial charge in [0, 0.05) is 0 Å². The van der Waals surface area contributed by atoms with Crippen LogP contribution in [0.4, 0.5) is 4.79 Å². The van der Waals surface area contributed by atoms with Gasteiger partial charge in [0.15, 0.2) is 0 Å². The predicted molar refractivity (Wildman–Crippen MR) is 11.1 cm³/mol. The minimum Gasteiger partial charge on any atom is -0.652 e. The molecule has 0 unspecified atom stereocenters. The molecule has 0 rings (SSSR count). The first-order valence-electron chi connectivity index (χ1n) is 0.612. The molecule has 0 amide bonds. The van der Waals surface area contributed by atoms with Crippen molar-refractivity contribution in [1.82, 2.24) is 0 Å². The molecule has 0 fully saturated rings. The molecule has 0 saturated carbocycles. The Balaban J connectivity index is 0. The van der Waals surface area contributed by atoms with E-state index in [1.54, 1.807) is 0 Å². The van der Waals surface area contributed by atoms with Crippen LogP contribution in [-0.4, -0.2) is 29.8 Å². The van der Waals surface area contributed by atoms with Gasteiger partial charge in [0.2, 0.25) is 0 Å².